The van der Waals surface area contributed by atoms with Crippen LogP contribution in [0.3, 0.4) is 0 Å². The van der Waals surface area contributed by atoms with Crippen LogP contribution in [0.4, 0.5) is 0 Å². The minimum absolute atomic E-state index is 0.319. The number of thioether (sulfide) groups is 1. The van der Waals surface area contributed by atoms with Crippen LogP contribution in [0, 0.1) is 0 Å². The fourth-order valence-electron chi connectivity index (χ4n) is 2.40. The van der Waals surface area contributed by atoms with Gasteiger partial charge in [-0.25, -0.2) is 0 Å². The molecule has 5 heteroatoms. The maximum Gasteiger partial charge on any atom is 0.232 e. The van der Waals surface area contributed by atoms with E-state index in [4.69, 9.17) is 0 Å². The molecule has 19 heavy (non-hydrogen) atoms. The molecule has 112 valence electrons. The predicted molar refractivity (Wildman–Crippen MR) is 83.8 cm³/mol. The normalized spacial score (nSPS) is 17.2. The van der Waals surface area contributed by atoms with E-state index < -0.39 is 0 Å². The number of carbonyl (C=O) groups excluding carboxylic acids is 1. The smallest absolute Gasteiger partial charge is 0.232 e. The Balaban J connectivity index is 2.11. The molecule has 0 aromatic carbocycles. The van der Waals surface area contributed by atoms with Crippen LogP contribution in [-0.2, 0) is 4.79 Å². The van der Waals surface area contributed by atoms with Crippen molar-refractivity contribution in [2.24, 2.45) is 0 Å². The molecular formula is C14H29N3OS. The van der Waals surface area contributed by atoms with Crippen molar-refractivity contribution in [2.45, 2.75) is 32.7 Å². The highest BCUT2D eigenvalue weighted by Gasteiger charge is 2.21. The van der Waals surface area contributed by atoms with Crippen LogP contribution in [0.1, 0.15) is 26.7 Å². The molecule has 1 rings (SSSR count). The number of likely N-dealkylation sites (tertiary alicyclic amines) is 1. The van der Waals surface area contributed by atoms with Crippen LogP contribution >= 0.6 is 11.8 Å². The van der Waals surface area contributed by atoms with Gasteiger partial charge in [-0.1, -0.05) is 13.8 Å². The number of nitrogens with zero attached hydrogens (tertiary/aromatic N) is 2. The summed E-state index contributed by atoms with van der Waals surface area (Å²) in [6.45, 7) is 9.50. The van der Waals surface area contributed by atoms with E-state index in [0.717, 1.165) is 51.3 Å². The highest BCUT2D eigenvalue weighted by Crippen LogP contribution is 2.12. The average Bonchev–Trinajstić information content (AvgIpc) is 2.47. The number of amides is 1. The van der Waals surface area contributed by atoms with Crippen molar-refractivity contribution < 1.29 is 4.79 Å². The molecule has 1 aliphatic heterocycles. The van der Waals surface area contributed by atoms with Gasteiger partial charge in [-0.15, -0.1) is 0 Å². The van der Waals surface area contributed by atoms with Gasteiger partial charge in [-0.2, -0.15) is 11.8 Å². The van der Waals surface area contributed by atoms with Crippen molar-refractivity contribution in [3.63, 3.8) is 0 Å². The van der Waals surface area contributed by atoms with Gasteiger partial charge >= 0.3 is 0 Å². The van der Waals surface area contributed by atoms with Gasteiger partial charge in [-0.05, 0) is 33.0 Å². The first-order valence-electron chi connectivity index (χ1n) is 7.46. The van der Waals surface area contributed by atoms with E-state index in [1.807, 2.05) is 11.9 Å². The van der Waals surface area contributed by atoms with E-state index >= 15 is 0 Å². The number of nitrogens with one attached hydrogen (secondary N) is 1. The van der Waals surface area contributed by atoms with Gasteiger partial charge in [0.05, 0.1) is 5.75 Å². The van der Waals surface area contributed by atoms with Crippen LogP contribution in [0.2, 0.25) is 0 Å². The van der Waals surface area contributed by atoms with Crippen LogP contribution in [-0.4, -0.2) is 73.0 Å². The first-order chi connectivity index (χ1) is 9.21. The zero-order chi connectivity index (χ0) is 14.1. The summed E-state index contributed by atoms with van der Waals surface area (Å²) in [6, 6.07) is 0.597. The minimum atomic E-state index is 0.319. The zero-order valence-electron chi connectivity index (χ0n) is 12.7. The molecular weight excluding hydrogens is 258 g/mol. The number of hydrogen-bond donors (Lipinski definition) is 1. The van der Waals surface area contributed by atoms with E-state index in [0.29, 0.717) is 17.7 Å². The summed E-state index contributed by atoms with van der Waals surface area (Å²) in [4.78, 5) is 16.5. The summed E-state index contributed by atoms with van der Waals surface area (Å²) in [7, 11) is 2.01. The summed E-state index contributed by atoms with van der Waals surface area (Å²) in [5, 5.41) is 3.29. The van der Waals surface area contributed by atoms with Crippen molar-refractivity contribution in [3.05, 3.63) is 0 Å². The molecule has 1 fully saturated rings. The van der Waals surface area contributed by atoms with E-state index in [9.17, 15) is 4.79 Å². The fourth-order valence-corrected chi connectivity index (χ4v) is 3.29. The molecule has 0 aromatic heterocycles. The van der Waals surface area contributed by atoms with Crippen LogP contribution < -0.4 is 5.32 Å². The van der Waals surface area contributed by atoms with Gasteiger partial charge in [0.15, 0.2) is 0 Å². The van der Waals surface area contributed by atoms with Crippen molar-refractivity contribution >= 4 is 17.7 Å². The van der Waals surface area contributed by atoms with E-state index in [2.05, 4.69) is 24.1 Å². The van der Waals surface area contributed by atoms with Crippen molar-refractivity contribution in [2.75, 3.05) is 51.3 Å². The highest BCUT2D eigenvalue weighted by atomic mass is 32.2. The Morgan fingerprint density at radius 3 is 2.47 bits per heavy atom. The third-order valence-electron chi connectivity index (χ3n) is 3.93. The second-order valence-electron chi connectivity index (χ2n) is 5.02. The third kappa shape index (κ3) is 6.15. The second kappa shape index (κ2) is 9.61. The first-order valence-corrected chi connectivity index (χ1v) is 8.61. The van der Waals surface area contributed by atoms with Gasteiger partial charge in [0.25, 0.3) is 0 Å². The standard InChI is InChI=1S/C14H29N3OS/c1-4-16(5-2)10-11-19-12-14(18)17-8-6-13(15-3)7-9-17/h13,15H,4-12H2,1-3H3. The topological polar surface area (TPSA) is 35.6 Å². The molecule has 0 radical (unpaired) electrons. The third-order valence-corrected chi connectivity index (χ3v) is 4.85. The average molecular weight is 287 g/mol. The molecule has 0 saturated carbocycles. The Labute approximate surface area is 122 Å². The molecule has 0 spiro atoms. The lowest BCUT2D eigenvalue weighted by molar-refractivity contribution is -0.129. The molecule has 0 unspecified atom stereocenters. The minimum Gasteiger partial charge on any atom is -0.342 e. The SMILES string of the molecule is CCN(CC)CCSCC(=O)N1CCC(NC)CC1. The summed E-state index contributed by atoms with van der Waals surface area (Å²) in [5.74, 6) is 2.02. The van der Waals surface area contributed by atoms with Gasteiger partial charge in [0.2, 0.25) is 5.91 Å². The highest BCUT2D eigenvalue weighted by molar-refractivity contribution is 7.99. The lowest BCUT2D eigenvalue weighted by Gasteiger charge is -2.31. The molecule has 0 aliphatic carbocycles. The summed E-state index contributed by atoms with van der Waals surface area (Å²) in [5.41, 5.74) is 0. The number of piperidine rings is 1. The fraction of sp³-hybridized carbons (Fsp3) is 0.929. The van der Waals surface area contributed by atoms with Gasteiger partial charge in [0.1, 0.15) is 0 Å². The van der Waals surface area contributed by atoms with E-state index in [-0.39, 0.29) is 0 Å². The van der Waals surface area contributed by atoms with Crippen molar-refractivity contribution in [1.82, 2.24) is 15.1 Å². The molecule has 4 nitrogen and oxygen atoms in total. The van der Waals surface area contributed by atoms with Gasteiger partial charge in [-0.3, -0.25) is 4.79 Å². The number of hydrogen-bond acceptors (Lipinski definition) is 4. The monoisotopic (exact) mass is 287 g/mol. The molecule has 1 aliphatic rings. The number of carbonyl (C=O) groups is 1. The maximum absolute atomic E-state index is 12.0. The van der Waals surface area contributed by atoms with E-state index in [1.165, 1.54) is 0 Å². The van der Waals surface area contributed by atoms with Crippen molar-refractivity contribution in [3.8, 4) is 0 Å². The molecule has 0 bridgehead atoms. The lowest BCUT2D eigenvalue weighted by Crippen LogP contribution is -2.44. The van der Waals surface area contributed by atoms with Crippen LogP contribution in [0.5, 0.6) is 0 Å². The van der Waals surface area contributed by atoms with E-state index in [1.54, 1.807) is 11.8 Å². The largest absolute Gasteiger partial charge is 0.342 e. The molecule has 1 saturated heterocycles. The Hall–Kier alpha value is -0.260. The molecule has 1 N–H and O–H groups in total. The zero-order valence-corrected chi connectivity index (χ0v) is 13.5. The molecule has 1 heterocycles. The Kier molecular flexibility index (Phi) is 8.50. The van der Waals surface area contributed by atoms with Crippen LogP contribution in [0.15, 0.2) is 0 Å². The summed E-state index contributed by atoms with van der Waals surface area (Å²) < 4.78 is 0. The Morgan fingerprint density at radius 2 is 1.95 bits per heavy atom. The first kappa shape index (κ1) is 16.8. The Bertz CT molecular complexity index is 251. The number of rotatable bonds is 8. The van der Waals surface area contributed by atoms with Crippen LogP contribution in [0.25, 0.3) is 0 Å². The second-order valence-corrected chi connectivity index (χ2v) is 6.13. The predicted octanol–water partition coefficient (Wildman–Crippen LogP) is 1.27. The van der Waals surface area contributed by atoms with Gasteiger partial charge < -0.3 is 15.1 Å². The molecule has 1 amide bonds. The maximum atomic E-state index is 12.0. The summed E-state index contributed by atoms with van der Waals surface area (Å²) in [6.07, 6.45) is 2.18. The quantitative estimate of drug-likeness (QED) is 0.682. The Morgan fingerprint density at radius 1 is 1.32 bits per heavy atom. The van der Waals surface area contributed by atoms with Crippen molar-refractivity contribution in [1.29, 1.82) is 0 Å². The molecule has 0 aromatic rings. The van der Waals surface area contributed by atoms with Gasteiger partial charge in [0, 0.05) is 31.4 Å². The molecule has 0 atom stereocenters. The lowest BCUT2D eigenvalue weighted by atomic mass is 10.1. The summed E-state index contributed by atoms with van der Waals surface area (Å²) >= 11 is 1.77.